The highest BCUT2D eigenvalue weighted by atomic mass is 32.2. The van der Waals surface area contributed by atoms with Crippen molar-refractivity contribution in [3.63, 3.8) is 0 Å². The zero-order valence-corrected chi connectivity index (χ0v) is 18.8. The molecule has 2 aliphatic heterocycles. The summed E-state index contributed by atoms with van der Waals surface area (Å²) in [6.45, 7) is 2.31. The van der Waals surface area contributed by atoms with Gasteiger partial charge in [0.2, 0.25) is 0 Å². The van der Waals surface area contributed by atoms with Crippen LogP contribution in [0, 0.1) is 0 Å². The van der Waals surface area contributed by atoms with Crippen LogP contribution >= 0.6 is 11.8 Å². The van der Waals surface area contributed by atoms with Crippen molar-refractivity contribution in [3.8, 4) is 34.4 Å². The Kier molecular flexibility index (Phi) is 5.33. The van der Waals surface area contributed by atoms with Crippen molar-refractivity contribution in [2.45, 2.75) is 30.5 Å². The number of thioether (sulfide) groups is 1. The Morgan fingerprint density at radius 2 is 1.58 bits per heavy atom. The van der Waals surface area contributed by atoms with Gasteiger partial charge in [-0.25, -0.2) is 0 Å². The minimum Gasteiger partial charge on any atom is -0.490 e. The summed E-state index contributed by atoms with van der Waals surface area (Å²) in [6.07, 6.45) is 3.03. The molecule has 0 amide bonds. The van der Waals surface area contributed by atoms with E-state index in [0.29, 0.717) is 49.5 Å². The molecule has 1 aliphatic carbocycles. The Balaban J connectivity index is 1.22. The van der Waals surface area contributed by atoms with Gasteiger partial charge < -0.3 is 18.9 Å². The molecule has 0 radical (unpaired) electrons. The van der Waals surface area contributed by atoms with Crippen molar-refractivity contribution in [2.24, 2.45) is 0 Å². The number of carbonyl (C=O) groups excluding carboxylic acids is 1. The molecule has 9 heteroatoms. The van der Waals surface area contributed by atoms with E-state index in [4.69, 9.17) is 18.9 Å². The van der Waals surface area contributed by atoms with Crippen molar-refractivity contribution in [2.75, 3.05) is 32.2 Å². The Morgan fingerprint density at radius 3 is 2.39 bits per heavy atom. The third-order valence-electron chi connectivity index (χ3n) is 5.78. The van der Waals surface area contributed by atoms with E-state index >= 15 is 0 Å². The first-order valence-electron chi connectivity index (χ1n) is 11.2. The summed E-state index contributed by atoms with van der Waals surface area (Å²) in [5.41, 5.74) is 1.54. The summed E-state index contributed by atoms with van der Waals surface area (Å²) in [4.78, 5) is 12.9. The minimum atomic E-state index is 0.0134. The maximum Gasteiger partial charge on any atom is 0.192 e. The van der Waals surface area contributed by atoms with Gasteiger partial charge in [0.15, 0.2) is 39.8 Å². The summed E-state index contributed by atoms with van der Waals surface area (Å²) in [5.74, 6) is 3.87. The number of rotatable bonds is 6. The Bertz CT molecular complexity index is 1210. The number of aromatic nitrogens is 3. The van der Waals surface area contributed by atoms with E-state index in [1.54, 1.807) is 18.2 Å². The predicted octanol–water partition coefficient (Wildman–Crippen LogP) is 4.19. The van der Waals surface area contributed by atoms with Gasteiger partial charge in [-0.2, -0.15) is 0 Å². The van der Waals surface area contributed by atoms with Crippen molar-refractivity contribution in [3.05, 3.63) is 42.0 Å². The minimum absolute atomic E-state index is 0.0134. The van der Waals surface area contributed by atoms with Crippen LogP contribution in [0.1, 0.15) is 35.7 Å². The second-order valence-corrected chi connectivity index (χ2v) is 9.13. The van der Waals surface area contributed by atoms with Gasteiger partial charge in [-0.05, 0) is 49.2 Å². The van der Waals surface area contributed by atoms with Crippen molar-refractivity contribution in [1.82, 2.24) is 14.8 Å². The number of ether oxygens (including phenoxy) is 4. The van der Waals surface area contributed by atoms with Gasteiger partial charge in [-0.1, -0.05) is 11.8 Å². The molecule has 0 bridgehead atoms. The van der Waals surface area contributed by atoms with Crippen LogP contribution in [-0.4, -0.2) is 52.7 Å². The SMILES string of the molecule is O=C(CSc1nnc(-c2ccc3c(c2)OCCCO3)n1C1CC1)c1ccc2c(c1)OCCO2. The quantitative estimate of drug-likeness (QED) is 0.396. The summed E-state index contributed by atoms with van der Waals surface area (Å²) < 4.78 is 24.9. The third kappa shape index (κ3) is 4.13. The van der Waals surface area contributed by atoms with Crippen molar-refractivity contribution < 1.29 is 23.7 Å². The van der Waals surface area contributed by atoms with Crippen LogP contribution in [0.2, 0.25) is 0 Å². The molecule has 2 aromatic carbocycles. The highest BCUT2D eigenvalue weighted by Gasteiger charge is 2.31. The maximum atomic E-state index is 12.9. The van der Waals surface area contributed by atoms with Crippen molar-refractivity contribution >= 4 is 17.5 Å². The molecule has 0 saturated heterocycles. The molecular formula is C24H23N3O5S. The molecule has 3 aromatic rings. The number of fused-ring (bicyclic) bond motifs is 2. The summed E-state index contributed by atoms with van der Waals surface area (Å²) in [6, 6.07) is 11.6. The molecule has 1 saturated carbocycles. The van der Waals surface area contributed by atoms with Gasteiger partial charge in [-0.15, -0.1) is 10.2 Å². The van der Waals surface area contributed by atoms with Gasteiger partial charge in [0, 0.05) is 23.6 Å². The number of Topliss-reactive ketones (excluding diaryl/α,β-unsaturated/α-hetero) is 1. The number of carbonyl (C=O) groups is 1. The number of nitrogens with zero attached hydrogens (tertiary/aromatic N) is 3. The Labute approximate surface area is 195 Å². The fourth-order valence-corrected chi connectivity index (χ4v) is 4.87. The van der Waals surface area contributed by atoms with Crippen LogP contribution in [0.3, 0.4) is 0 Å². The molecule has 170 valence electrons. The molecule has 1 aromatic heterocycles. The molecule has 1 fully saturated rings. The zero-order valence-electron chi connectivity index (χ0n) is 18.0. The number of ketones is 1. The molecule has 6 rings (SSSR count). The van der Waals surface area contributed by atoms with E-state index in [1.165, 1.54) is 11.8 Å². The summed E-state index contributed by atoms with van der Waals surface area (Å²) >= 11 is 1.42. The first-order valence-corrected chi connectivity index (χ1v) is 12.2. The van der Waals surface area contributed by atoms with Crippen molar-refractivity contribution in [1.29, 1.82) is 0 Å². The average Bonchev–Trinajstić information content (AvgIpc) is 3.65. The molecule has 33 heavy (non-hydrogen) atoms. The lowest BCUT2D eigenvalue weighted by molar-refractivity contribution is 0.102. The van der Waals surface area contributed by atoms with Crippen LogP contribution in [0.15, 0.2) is 41.6 Å². The van der Waals surface area contributed by atoms with Gasteiger partial charge in [0.25, 0.3) is 0 Å². The number of hydrogen-bond acceptors (Lipinski definition) is 8. The monoisotopic (exact) mass is 465 g/mol. The maximum absolute atomic E-state index is 12.9. The lowest BCUT2D eigenvalue weighted by Gasteiger charge is -2.18. The fourth-order valence-electron chi connectivity index (χ4n) is 3.97. The Morgan fingerprint density at radius 1 is 0.879 bits per heavy atom. The zero-order chi connectivity index (χ0) is 22.2. The third-order valence-corrected chi connectivity index (χ3v) is 6.72. The van der Waals surface area contributed by atoms with Gasteiger partial charge >= 0.3 is 0 Å². The normalized spacial score (nSPS) is 16.8. The summed E-state index contributed by atoms with van der Waals surface area (Å²) in [5, 5.41) is 9.66. The highest BCUT2D eigenvalue weighted by Crippen LogP contribution is 2.42. The van der Waals surface area contributed by atoms with E-state index in [1.807, 2.05) is 18.2 Å². The van der Waals surface area contributed by atoms with Crippen LogP contribution in [0.5, 0.6) is 23.0 Å². The molecule has 0 spiro atoms. The predicted molar refractivity (Wildman–Crippen MR) is 122 cm³/mol. The number of benzene rings is 2. The molecule has 3 heterocycles. The van der Waals surface area contributed by atoms with Gasteiger partial charge in [-0.3, -0.25) is 9.36 Å². The topological polar surface area (TPSA) is 84.7 Å². The first-order chi connectivity index (χ1) is 16.3. The number of hydrogen-bond donors (Lipinski definition) is 0. The molecule has 0 atom stereocenters. The second-order valence-electron chi connectivity index (χ2n) is 8.19. The highest BCUT2D eigenvalue weighted by molar-refractivity contribution is 7.99. The molecule has 0 unspecified atom stereocenters. The van der Waals surface area contributed by atoms with Gasteiger partial charge in [0.05, 0.1) is 19.0 Å². The van der Waals surface area contributed by atoms with Crippen LogP contribution in [0.4, 0.5) is 0 Å². The van der Waals surface area contributed by atoms with E-state index < -0.39 is 0 Å². The summed E-state index contributed by atoms with van der Waals surface area (Å²) in [7, 11) is 0. The van der Waals surface area contributed by atoms with Gasteiger partial charge in [0.1, 0.15) is 13.2 Å². The van der Waals surface area contributed by atoms with E-state index in [2.05, 4.69) is 14.8 Å². The molecule has 3 aliphatic rings. The second kappa shape index (κ2) is 8.62. The van der Waals surface area contributed by atoms with Crippen LogP contribution in [0.25, 0.3) is 11.4 Å². The molecule has 8 nitrogen and oxygen atoms in total. The lowest BCUT2D eigenvalue weighted by Crippen LogP contribution is -2.16. The van der Waals surface area contributed by atoms with Crippen LogP contribution < -0.4 is 18.9 Å². The Hall–Kier alpha value is -3.20. The first kappa shape index (κ1) is 20.4. The largest absolute Gasteiger partial charge is 0.490 e. The van der Waals surface area contributed by atoms with Crippen LogP contribution in [-0.2, 0) is 0 Å². The average molecular weight is 466 g/mol. The van der Waals surface area contributed by atoms with E-state index in [0.717, 1.165) is 47.3 Å². The lowest BCUT2D eigenvalue weighted by atomic mass is 10.1. The standard InChI is InChI=1S/C24H23N3O5S/c28-18(15-2-6-20-21(12-15)32-11-10-31-20)14-33-24-26-25-23(27(24)17-4-5-17)16-3-7-19-22(13-16)30-9-1-8-29-19/h2-3,6-7,12-13,17H,1,4-5,8-11,14H2. The molecule has 0 N–H and O–H groups in total. The smallest absolute Gasteiger partial charge is 0.192 e. The molecular weight excluding hydrogens is 442 g/mol. The van der Waals surface area contributed by atoms with E-state index in [9.17, 15) is 4.79 Å². The van der Waals surface area contributed by atoms with E-state index in [-0.39, 0.29) is 11.5 Å². The fraction of sp³-hybridized carbons (Fsp3) is 0.375.